The zero-order valence-electron chi connectivity index (χ0n) is 17.7. The molecule has 0 aliphatic heterocycles. The Labute approximate surface area is 179 Å². The number of rotatable bonds is 7. The highest BCUT2D eigenvalue weighted by atomic mass is 32.1. The molecule has 0 spiro atoms. The third-order valence-electron chi connectivity index (χ3n) is 4.65. The fraction of sp³-hybridized carbons (Fsp3) is 0.318. The Morgan fingerprint density at radius 2 is 1.93 bits per heavy atom. The maximum Gasteiger partial charge on any atom is 0.341 e. The van der Waals surface area contributed by atoms with Crippen molar-refractivity contribution in [1.29, 1.82) is 0 Å². The summed E-state index contributed by atoms with van der Waals surface area (Å²) in [5.74, 6) is -0.0696. The predicted molar refractivity (Wildman–Crippen MR) is 116 cm³/mol. The van der Waals surface area contributed by atoms with E-state index < -0.39 is 11.9 Å². The number of benzene rings is 1. The summed E-state index contributed by atoms with van der Waals surface area (Å²) in [5, 5.41) is 7.54. The van der Waals surface area contributed by atoms with Crippen LogP contribution in [-0.2, 0) is 11.5 Å². The SMILES string of the molecule is CCOC(=O)c1c(NC(=O)c2ccn(COc3ccc(C)cc3C)n2)sc(C)c1C. The van der Waals surface area contributed by atoms with Crippen LogP contribution >= 0.6 is 11.3 Å². The molecule has 0 radical (unpaired) electrons. The summed E-state index contributed by atoms with van der Waals surface area (Å²) in [6, 6.07) is 7.55. The Bertz CT molecular complexity index is 1080. The van der Waals surface area contributed by atoms with Gasteiger partial charge in [-0.2, -0.15) is 5.10 Å². The highest BCUT2D eigenvalue weighted by Gasteiger charge is 2.23. The van der Waals surface area contributed by atoms with E-state index >= 15 is 0 Å². The monoisotopic (exact) mass is 427 g/mol. The first-order chi connectivity index (χ1) is 14.3. The minimum Gasteiger partial charge on any atom is -0.471 e. The van der Waals surface area contributed by atoms with Gasteiger partial charge in [-0.3, -0.25) is 4.79 Å². The van der Waals surface area contributed by atoms with Gasteiger partial charge in [-0.1, -0.05) is 17.7 Å². The van der Waals surface area contributed by atoms with Crippen LogP contribution in [0.25, 0.3) is 0 Å². The molecule has 0 fully saturated rings. The molecule has 3 rings (SSSR count). The van der Waals surface area contributed by atoms with Crippen LogP contribution in [0.15, 0.2) is 30.5 Å². The fourth-order valence-electron chi connectivity index (χ4n) is 2.98. The van der Waals surface area contributed by atoms with Gasteiger partial charge in [-0.05, 0) is 57.9 Å². The van der Waals surface area contributed by atoms with Gasteiger partial charge in [-0.15, -0.1) is 11.3 Å². The van der Waals surface area contributed by atoms with Crippen LogP contribution in [0.3, 0.4) is 0 Å². The molecule has 1 N–H and O–H groups in total. The van der Waals surface area contributed by atoms with Crippen molar-refractivity contribution in [3.05, 3.63) is 63.3 Å². The normalized spacial score (nSPS) is 10.7. The number of carbonyl (C=O) groups is 2. The number of esters is 1. The molecule has 1 amide bonds. The number of carbonyl (C=O) groups excluding carboxylic acids is 2. The minimum absolute atomic E-state index is 0.183. The van der Waals surface area contributed by atoms with E-state index in [0.29, 0.717) is 10.6 Å². The van der Waals surface area contributed by atoms with E-state index in [9.17, 15) is 9.59 Å². The number of nitrogens with zero attached hydrogens (tertiary/aromatic N) is 2. The van der Waals surface area contributed by atoms with Gasteiger partial charge in [0.15, 0.2) is 12.4 Å². The second kappa shape index (κ2) is 9.13. The first-order valence-electron chi connectivity index (χ1n) is 9.62. The number of hydrogen-bond donors (Lipinski definition) is 1. The molecule has 30 heavy (non-hydrogen) atoms. The van der Waals surface area contributed by atoms with Gasteiger partial charge in [0.05, 0.1) is 12.2 Å². The summed E-state index contributed by atoms with van der Waals surface area (Å²) in [7, 11) is 0. The summed E-state index contributed by atoms with van der Waals surface area (Å²) in [6.45, 7) is 9.95. The predicted octanol–water partition coefficient (Wildman–Crippen LogP) is 4.64. The molecule has 2 heterocycles. The van der Waals surface area contributed by atoms with E-state index in [1.165, 1.54) is 16.9 Å². The van der Waals surface area contributed by atoms with Crippen molar-refractivity contribution in [3.63, 3.8) is 0 Å². The molecular weight excluding hydrogens is 402 g/mol. The van der Waals surface area contributed by atoms with Crippen LogP contribution in [0.4, 0.5) is 5.00 Å². The van der Waals surface area contributed by atoms with E-state index in [-0.39, 0.29) is 19.0 Å². The van der Waals surface area contributed by atoms with E-state index in [2.05, 4.69) is 10.4 Å². The molecule has 0 aliphatic rings. The lowest BCUT2D eigenvalue weighted by Gasteiger charge is -2.09. The van der Waals surface area contributed by atoms with Gasteiger partial charge in [0.25, 0.3) is 5.91 Å². The quantitative estimate of drug-likeness (QED) is 0.555. The Hall–Kier alpha value is -3.13. The molecule has 0 saturated heterocycles. The maximum absolute atomic E-state index is 12.7. The van der Waals surface area contributed by atoms with Gasteiger partial charge in [-0.25, -0.2) is 9.48 Å². The molecule has 0 bridgehead atoms. The van der Waals surface area contributed by atoms with Crippen molar-refractivity contribution in [3.8, 4) is 5.75 Å². The Morgan fingerprint density at radius 3 is 2.63 bits per heavy atom. The molecule has 2 aromatic heterocycles. The number of aromatic nitrogens is 2. The number of nitrogens with one attached hydrogen (secondary N) is 1. The van der Waals surface area contributed by atoms with Gasteiger partial charge in [0.2, 0.25) is 0 Å². The highest BCUT2D eigenvalue weighted by Crippen LogP contribution is 2.33. The van der Waals surface area contributed by atoms with Crippen LogP contribution in [0.5, 0.6) is 5.75 Å². The molecule has 0 unspecified atom stereocenters. The second-order valence-electron chi connectivity index (χ2n) is 6.94. The molecule has 1 aromatic carbocycles. The molecule has 8 heteroatoms. The van der Waals surface area contributed by atoms with Crippen molar-refractivity contribution >= 4 is 28.2 Å². The van der Waals surface area contributed by atoms with Crippen LogP contribution in [0, 0.1) is 27.7 Å². The lowest BCUT2D eigenvalue weighted by molar-refractivity contribution is 0.0527. The average Bonchev–Trinajstić information content (AvgIpc) is 3.26. The summed E-state index contributed by atoms with van der Waals surface area (Å²) in [4.78, 5) is 25.9. The highest BCUT2D eigenvalue weighted by molar-refractivity contribution is 7.16. The van der Waals surface area contributed by atoms with E-state index in [1.807, 2.05) is 45.9 Å². The van der Waals surface area contributed by atoms with Crippen molar-refractivity contribution in [2.24, 2.45) is 0 Å². The van der Waals surface area contributed by atoms with Crippen molar-refractivity contribution < 1.29 is 19.1 Å². The molecule has 0 atom stereocenters. The minimum atomic E-state index is -0.443. The molecule has 158 valence electrons. The summed E-state index contributed by atoms with van der Waals surface area (Å²) in [6.07, 6.45) is 1.68. The third kappa shape index (κ3) is 4.71. The number of hydrogen-bond acceptors (Lipinski definition) is 6. The van der Waals surface area contributed by atoms with Crippen LogP contribution in [-0.4, -0.2) is 28.3 Å². The average molecular weight is 428 g/mol. The number of aryl methyl sites for hydroxylation is 3. The summed E-state index contributed by atoms with van der Waals surface area (Å²) < 4.78 is 12.5. The van der Waals surface area contributed by atoms with Crippen LogP contribution in [0.2, 0.25) is 0 Å². The van der Waals surface area contributed by atoms with Crippen molar-refractivity contribution in [2.75, 3.05) is 11.9 Å². The Balaban J connectivity index is 1.70. The largest absolute Gasteiger partial charge is 0.471 e. The van der Waals surface area contributed by atoms with Crippen LogP contribution < -0.4 is 10.1 Å². The fourth-order valence-corrected chi connectivity index (χ4v) is 4.03. The number of thiophene rings is 1. The zero-order valence-corrected chi connectivity index (χ0v) is 18.6. The summed E-state index contributed by atoms with van der Waals surface area (Å²) in [5.41, 5.74) is 3.64. The smallest absolute Gasteiger partial charge is 0.341 e. The zero-order chi connectivity index (χ0) is 21.8. The van der Waals surface area contributed by atoms with E-state index in [4.69, 9.17) is 9.47 Å². The third-order valence-corrected chi connectivity index (χ3v) is 5.77. The molecule has 0 aliphatic carbocycles. The molecule has 3 aromatic rings. The van der Waals surface area contributed by atoms with Gasteiger partial charge in [0, 0.05) is 11.1 Å². The standard InChI is InChI=1S/C22H25N3O4S/c1-6-28-22(27)19-15(4)16(5)30-21(19)23-20(26)17-9-10-25(24-17)12-29-18-8-7-13(2)11-14(18)3/h7-11H,6,12H2,1-5H3,(H,23,26). The molecule has 7 nitrogen and oxygen atoms in total. The number of amides is 1. The Kier molecular flexibility index (Phi) is 6.56. The van der Waals surface area contributed by atoms with Crippen LogP contribution in [0.1, 0.15) is 49.3 Å². The summed E-state index contributed by atoms with van der Waals surface area (Å²) >= 11 is 1.34. The van der Waals surface area contributed by atoms with Crippen molar-refractivity contribution in [2.45, 2.75) is 41.3 Å². The van der Waals surface area contributed by atoms with Gasteiger partial charge in [0.1, 0.15) is 10.8 Å². The topological polar surface area (TPSA) is 82.5 Å². The van der Waals surface area contributed by atoms with E-state index in [0.717, 1.165) is 21.8 Å². The lowest BCUT2D eigenvalue weighted by atomic mass is 10.1. The molecular formula is C22H25N3O4S. The number of ether oxygens (including phenoxy) is 2. The van der Waals surface area contributed by atoms with Crippen molar-refractivity contribution in [1.82, 2.24) is 9.78 Å². The maximum atomic E-state index is 12.7. The molecule has 0 saturated carbocycles. The van der Waals surface area contributed by atoms with Gasteiger partial charge < -0.3 is 14.8 Å². The van der Waals surface area contributed by atoms with E-state index in [1.54, 1.807) is 23.9 Å². The Morgan fingerprint density at radius 1 is 1.17 bits per heavy atom. The van der Waals surface area contributed by atoms with Gasteiger partial charge >= 0.3 is 5.97 Å². The lowest BCUT2D eigenvalue weighted by Crippen LogP contribution is -2.16. The number of anilines is 1. The second-order valence-corrected chi connectivity index (χ2v) is 8.17. The first-order valence-corrected chi connectivity index (χ1v) is 10.4. The first kappa shape index (κ1) is 21.6.